The van der Waals surface area contributed by atoms with Gasteiger partial charge in [-0.2, -0.15) is 0 Å². The molecule has 13 heavy (non-hydrogen) atoms. The van der Waals surface area contributed by atoms with E-state index in [1.54, 1.807) is 0 Å². The lowest BCUT2D eigenvalue weighted by molar-refractivity contribution is 0.412. The lowest BCUT2D eigenvalue weighted by Gasteiger charge is -1.93. The summed E-state index contributed by atoms with van der Waals surface area (Å²) in [6.45, 7) is 3.58. The van der Waals surface area contributed by atoms with E-state index in [4.69, 9.17) is 16.2 Å². The maximum atomic E-state index is 5.52. The van der Waals surface area contributed by atoms with E-state index in [9.17, 15) is 0 Å². The molecule has 3 nitrogen and oxygen atoms in total. The van der Waals surface area contributed by atoms with E-state index in [2.05, 4.69) is 0 Å². The van der Waals surface area contributed by atoms with Crippen LogP contribution in [0.3, 0.4) is 0 Å². The zero-order chi connectivity index (χ0) is 9.68. The van der Waals surface area contributed by atoms with Crippen LogP contribution in [0.4, 0.5) is 5.69 Å². The molecule has 0 aliphatic carbocycles. The third-order valence-electron chi connectivity index (χ3n) is 1.85. The SMILES string of the molecule is Cc1ccccc1N.NCC1CO1. The van der Waals surface area contributed by atoms with E-state index in [0.29, 0.717) is 12.6 Å². The van der Waals surface area contributed by atoms with Gasteiger partial charge < -0.3 is 16.2 Å². The van der Waals surface area contributed by atoms with E-state index < -0.39 is 0 Å². The van der Waals surface area contributed by atoms with Gasteiger partial charge in [-0.15, -0.1) is 0 Å². The number of epoxide rings is 1. The summed E-state index contributed by atoms with van der Waals surface area (Å²) < 4.78 is 4.73. The highest BCUT2D eigenvalue weighted by molar-refractivity contribution is 5.44. The second-order valence-corrected chi connectivity index (χ2v) is 3.05. The molecule has 1 aromatic carbocycles. The topological polar surface area (TPSA) is 64.6 Å². The number of aryl methyl sites for hydroxylation is 1. The Hall–Kier alpha value is -1.06. The lowest BCUT2D eigenvalue weighted by atomic mass is 10.2. The predicted molar refractivity (Wildman–Crippen MR) is 54.4 cm³/mol. The summed E-state index contributed by atoms with van der Waals surface area (Å²) in [5.74, 6) is 0. The molecular formula is C10H16N2O. The van der Waals surface area contributed by atoms with Crippen LogP contribution in [-0.2, 0) is 4.74 Å². The fraction of sp³-hybridized carbons (Fsp3) is 0.400. The highest BCUT2D eigenvalue weighted by Gasteiger charge is 2.18. The van der Waals surface area contributed by atoms with Crippen LogP contribution in [0.1, 0.15) is 5.56 Å². The Kier molecular flexibility index (Phi) is 3.73. The van der Waals surface area contributed by atoms with Crippen molar-refractivity contribution in [3.63, 3.8) is 0 Å². The molecule has 0 spiro atoms. The number of anilines is 1. The highest BCUT2D eigenvalue weighted by Crippen LogP contribution is 2.06. The van der Waals surface area contributed by atoms with Crippen molar-refractivity contribution in [3.05, 3.63) is 29.8 Å². The quantitative estimate of drug-likeness (QED) is 0.499. The fourth-order valence-electron chi connectivity index (χ4n) is 0.791. The maximum Gasteiger partial charge on any atom is 0.0931 e. The van der Waals surface area contributed by atoms with Gasteiger partial charge in [-0.3, -0.25) is 0 Å². The number of benzene rings is 1. The first kappa shape index (κ1) is 10.0. The average Bonchev–Trinajstić information content (AvgIpc) is 2.94. The minimum absolute atomic E-state index is 0.412. The number of nitrogens with two attached hydrogens (primary N) is 2. The minimum Gasteiger partial charge on any atom is -0.399 e. The molecule has 1 aromatic rings. The van der Waals surface area contributed by atoms with E-state index in [0.717, 1.165) is 17.9 Å². The van der Waals surface area contributed by atoms with Crippen molar-refractivity contribution < 1.29 is 4.74 Å². The number of hydrogen-bond acceptors (Lipinski definition) is 3. The van der Waals surface area contributed by atoms with Gasteiger partial charge in [0.1, 0.15) is 0 Å². The smallest absolute Gasteiger partial charge is 0.0931 e. The van der Waals surface area contributed by atoms with Gasteiger partial charge in [-0.1, -0.05) is 18.2 Å². The second-order valence-electron chi connectivity index (χ2n) is 3.05. The van der Waals surface area contributed by atoms with Gasteiger partial charge in [0.15, 0.2) is 0 Å². The lowest BCUT2D eigenvalue weighted by Crippen LogP contribution is -2.05. The molecule has 1 atom stereocenters. The molecule has 0 radical (unpaired) electrons. The summed E-state index contributed by atoms with van der Waals surface area (Å²) >= 11 is 0. The number of hydrogen-bond donors (Lipinski definition) is 2. The number of para-hydroxylation sites is 1. The van der Waals surface area contributed by atoms with Crippen LogP contribution in [0.2, 0.25) is 0 Å². The van der Waals surface area contributed by atoms with Crippen molar-refractivity contribution in [2.24, 2.45) is 5.73 Å². The van der Waals surface area contributed by atoms with Crippen LogP contribution in [0.25, 0.3) is 0 Å². The number of rotatable bonds is 1. The van der Waals surface area contributed by atoms with Crippen LogP contribution < -0.4 is 11.5 Å². The molecule has 2 rings (SSSR count). The Bertz CT molecular complexity index is 238. The molecule has 1 heterocycles. The first-order valence-corrected chi connectivity index (χ1v) is 4.37. The van der Waals surface area contributed by atoms with Gasteiger partial charge >= 0.3 is 0 Å². The maximum absolute atomic E-state index is 5.52. The molecule has 0 bridgehead atoms. The van der Waals surface area contributed by atoms with Crippen LogP contribution in [0, 0.1) is 6.92 Å². The Morgan fingerprint density at radius 3 is 2.31 bits per heavy atom. The van der Waals surface area contributed by atoms with Gasteiger partial charge in [0, 0.05) is 12.2 Å². The zero-order valence-electron chi connectivity index (χ0n) is 7.86. The van der Waals surface area contributed by atoms with E-state index >= 15 is 0 Å². The van der Waals surface area contributed by atoms with Gasteiger partial charge in [-0.25, -0.2) is 0 Å². The summed E-state index contributed by atoms with van der Waals surface area (Å²) in [4.78, 5) is 0. The van der Waals surface area contributed by atoms with Crippen molar-refractivity contribution >= 4 is 5.69 Å². The summed E-state index contributed by atoms with van der Waals surface area (Å²) in [5, 5.41) is 0. The van der Waals surface area contributed by atoms with Gasteiger partial charge in [0.05, 0.1) is 12.7 Å². The second kappa shape index (κ2) is 4.84. The molecule has 1 unspecified atom stereocenters. The Morgan fingerprint density at radius 1 is 1.46 bits per heavy atom. The van der Waals surface area contributed by atoms with Crippen molar-refractivity contribution in [2.75, 3.05) is 18.9 Å². The van der Waals surface area contributed by atoms with Gasteiger partial charge in [0.2, 0.25) is 0 Å². The highest BCUT2D eigenvalue weighted by atomic mass is 16.6. The normalized spacial score (nSPS) is 18.8. The van der Waals surface area contributed by atoms with Crippen molar-refractivity contribution in [3.8, 4) is 0 Å². The molecular weight excluding hydrogens is 164 g/mol. The molecule has 1 fully saturated rings. The molecule has 1 aliphatic rings. The summed E-state index contributed by atoms with van der Waals surface area (Å²) in [6.07, 6.45) is 0.412. The summed E-state index contributed by atoms with van der Waals surface area (Å²) in [5.41, 5.74) is 12.6. The monoisotopic (exact) mass is 180 g/mol. The van der Waals surface area contributed by atoms with Crippen LogP contribution in [0.5, 0.6) is 0 Å². The molecule has 3 heteroatoms. The predicted octanol–water partition coefficient (Wildman–Crippen LogP) is 0.921. The molecule has 0 aromatic heterocycles. The Balaban J connectivity index is 0.000000145. The number of ether oxygens (including phenoxy) is 1. The first-order valence-electron chi connectivity index (χ1n) is 4.37. The molecule has 1 aliphatic heterocycles. The summed E-state index contributed by atoms with van der Waals surface area (Å²) in [7, 11) is 0. The van der Waals surface area contributed by atoms with Crippen molar-refractivity contribution in [2.45, 2.75) is 13.0 Å². The van der Waals surface area contributed by atoms with E-state index in [-0.39, 0.29) is 0 Å². The number of nitrogen functional groups attached to an aromatic ring is 1. The first-order chi connectivity index (χ1) is 6.24. The minimum atomic E-state index is 0.412. The van der Waals surface area contributed by atoms with Crippen molar-refractivity contribution in [1.82, 2.24) is 0 Å². The van der Waals surface area contributed by atoms with Crippen LogP contribution in [-0.4, -0.2) is 19.3 Å². The largest absolute Gasteiger partial charge is 0.399 e. The van der Waals surface area contributed by atoms with Gasteiger partial charge in [0.25, 0.3) is 0 Å². The molecule has 72 valence electrons. The van der Waals surface area contributed by atoms with Crippen LogP contribution in [0.15, 0.2) is 24.3 Å². The molecule has 0 saturated carbocycles. The van der Waals surface area contributed by atoms with Gasteiger partial charge in [-0.05, 0) is 18.6 Å². The van der Waals surface area contributed by atoms with Crippen LogP contribution >= 0.6 is 0 Å². The molecule has 1 saturated heterocycles. The van der Waals surface area contributed by atoms with E-state index in [1.165, 1.54) is 0 Å². The summed E-state index contributed by atoms with van der Waals surface area (Å²) in [6, 6.07) is 7.80. The molecule has 0 amide bonds. The third-order valence-corrected chi connectivity index (χ3v) is 1.85. The Morgan fingerprint density at radius 2 is 2.08 bits per heavy atom. The zero-order valence-corrected chi connectivity index (χ0v) is 7.86. The Labute approximate surface area is 78.7 Å². The molecule has 4 N–H and O–H groups in total. The van der Waals surface area contributed by atoms with Crippen molar-refractivity contribution in [1.29, 1.82) is 0 Å². The average molecular weight is 180 g/mol. The third kappa shape index (κ3) is 3.92. The van der Waals surface area contributed by atoms with E-state index in [1.807, 2.05) is 31.2 Å². The fourth-order valence-corrected chi connectivity index (χ4v) is 0.791. The standard InChI is InChI=1S/C7H9N.C3H7NO/c1-6-4-2-3-5-7(6)8;4-1-3-2-5-3/h2-5H,8H2,1H3;3H,1-2,4H2.